The third kappa shape index (κ3) is 4.44. The standard InChI is InChI=1S/C10H19BO2/c1-4-7-10(5-2,6-3)8-9-13-11-12/h2-9H2,1H3. The van der Waals surface area contributed by atoms with Crippen LogP contribution in [0.2, 0.25) is 0 Å². The summed E-state index contributed by atoms with van der Waals surface area (Å²) in [5.41, 5.74) is 0.178. The molecule has 74 valence electrons. The predicted octanol–water partition coefficient (Wildman–Crippen LogP) is 2.59. The van der Waals surface area contributed by atoms with Gasteiger partial charge in [-0.15, -0.1) is 0 Å². The third-order valence-corrected chi connectivity index (χ3v) is 2.66. The maximum atomic E-state index is 9.97. The quantitative estimate of drug-likeness (QED) is 0.426. The van der Waals surface area contributed by atoms with Crippen LogP contribution < -0.4 is 0 Å². The van der Waals surface area contributed by atoms with Crippen LogP contribution in [0.25, 0.3) is 0 Å². The summed E-state index contributed by atoms with van der Waals surface area (Å²) in [6, 6.07) is 0. The van der Waals surface area contributed by atoms with Gasteiger partial charge in [0, 0.05) is 0 Å². The van der Waals surface area contributed by atoms with Gasteiger partial charge in [-0.3, -0.25) is 0 Å². The molecule has 0 aliphatic rings. The Hall–Kier alpha value is -0.335. The van der Waals surface area contributed by atoms with Gasteiger partial charge in [0.05, 0.1) is 0 Å². The van der Waals surface area contributed by atoms with Gasteiger partial charge in [-0.25, -0.2) is 0 Å². The summed E-state index contributed by atoms with van der Waals surface area (Å²) in [6.45, 7) is 10.5. The molecule has 0 N–H and O–H groups in total. The second-order valence-electron chi connectivity index (χ2n) is 3.47. The molecule has 0 aromatic rings. The maximum absolute atomic E-state index is 9.97. The van der Waals surface area contributed by atoms with Crippen molar-refractivity contribution in [3.8, 4) is 0 Å². The molecule has 0 saturated heterocycles. The van der Waals surface area contributed by atoms with E-state index in [0.29, 0.717) is 14.0 Å². The first kappa shape index (κ1) is 12.7. The molecule has 0 aliphatic carbocycles. The van der Waals surface area contributed by atoms with E-state index < -0.39 is 0 Å². The molecule has 0 atom stereocenters. The van der Waals surface area contributed by atoms with Crippen molar-refractivity contribution >= 4 is 7.35 Å². The Morgan fingerprint density at radius 2 is 1.92 bits per heavy atom. The van der Waals surface area contributed by atoms with Crippen molar-refractivity contribution in [3.63, 3.8) is 0 Å². The van der Waals surface area contributed by atoms with Gasteiger partial charge in [-0.2, -0.15) is 0 Å². The van der Waals surface area contributed by atoms with Crippen LogP contribution in [-0.2, 0) is 9.36 Å². The van der Waals surface area contributed by atoms with Crippen molar-refractivity contribution in [2.45, 2.75) is 39.0 Å². The minimum absolute atomic E-state index is 0.178. The van der Waals surface area contributed by atoms with Crippen LogP contribution in [0.1, 0.15) is 39.0 Å². The van der Waals surface area contributed by atoms with E-state index in [1.165, 1.54) is 0 Å². The Kier molecular flexibility index (Phi) is 6.92. The second-order valence-corrected chi connectivity index (χ2v) is 3.47. The second kappa shape index (κ2) is 7.11. The first-order valence-electron chi connectivity index (χ1n) is 4.88. The summed E-state index contributed by atoms with van der Waals surface area (Å²) in [6.07, 6.45) is 4.86. The summed E-state index contributed by atoms with van der Waals surface area (Å²) in [4.78, 5) is 0. The van der Waals surface area contributed by atoms with Gasteiger partial charge < -0.3 is 0 Å². The average molecular weight is 182 g/mol. The Bertz CT molecular complexity index is 133. The number of rotatable bonds is 8. The monoisotopic (exact) mass is 182 g/mol. The van der Waals surface area contributed by atoms with Crippen LogP contribution in [0.5, 0.6) is 0 Å². The molecule has 0 unspecified atom stereocenters. The van der Waals surface area contributed by atoms with Crippen molar-refractivity contribution < 1.29 is 9.36 Å². The molecular formula is C10H19BO2. The number of hydrogen-bond donors (Lipinski definition) is 0. The minimum atomic E-state index is 0.178. The summed E-state index contributed by atoms with van der Waals surface area (Å²) in [7, 11) is 0.503. The Balaban J connectivity index is 3.96. The molecule has 0 spiro atoms. The summed E-state index contributed by atoms with van der Waals surface area (Å²) in [5, 5.41) is 0. The Morgan fingerprint density at radius 1 is 1.31 bits per heavy atom. The van der Waals surface area contributed by atoms with Crippen molar-refractivity contribution in [1.29, 1.82) is 0 Å². The van der Waals surface area contributed by atoms with Gasteiger partial charge in [0.25, 0.3) is 0 Å². The molecule has 2 nitrogen and oxygen atoms in total. The summed E-state index contributed by atoms with van der Waals surface area (Å²) >= 11 is 0. The van der Waals surface area contributed by atoms with E-state index in [1.54, 1.807) is 0 Å². The molecule has 13 heavy (non-hydrogen) atoms. The molecule has 0 aromatic heterocycles. The zero-order valence-corrected chi connectivity index (χ0v) is 8.55. The predicted molar refractivity (Wildman–Crippen MR) is 54.3 cm³/mol. The van der Waals surface area contributed by atoms with Gasteiger partial charge in [-0.05, 0) is 0 Å². The Morgan fingerprint density at radius 3 is 2.31 bits per heavy atom. The topological polar surface area (TPSA) is 26.3 Å². The fourth-order valence-corrected chi connectivity index (χ4v) is 1.60. The molecule has 0 bridgehead atoms. The molecule has 0 aromatic carbocycles. The van der Waals surface area contributed by atoms with Gasteiger partial charge in [0.1, 0.15) is 0 Å². The van der Waals surface area contributed by atoms with E-state index in [-0.39, 0.29) is 5.41 Å². The van der Waals surface area contributed by atoms with E-state index in [0.717, 1.165) is 32.1 Å². The number of hydrogen-bond acceptors (Lipinski definition) is 2. The van der Waals surface area contributed by atoms with Crippen LogP contribution in [0.3, 0.4) is 0 Å². The third-order valence-electron chi connectivity index (χ3n) is 2.66. The normalized spacial score (nSPS) is 11.0. The molecule has 3 heteroatoms. The van der Waals surface area contributed by atoms with Crippen LogP contribution in [0.4, 0.5) is 0 Å². The first-order chi connectivity index (χ1) is 6.24. The molecule has 0 saturated carbocycles. The van der Waals surface area contributed by atoms with Crippen LogP contribution in [0, 0.1) is 19.3 Å². The SMILES string of the molecule is [CH2]CC(C[CH2])(CCC)CCOB=O. The van der Waals surface area contributed by atoms with Crippen molar-refractivity contribution in [3.05, 3.63) is 13.8 Å². The van der Waals surface area contributed by atoms with E-state index >= 15 is 0 Å². The van der Waals surface area contributed by atoms with Crippen LogP contribution >= 0.6 is 0 Å². The molecule has 0 amide bonds. The first-order valence-corrected chi connectivity index (χ1v) is 4.88. The van der Waals surface area contributed by atoms with Gasteiger partial charge >= 0.3 is 81.6 Å². The van der Waals surface area contributed by atoms with Crippen LogP contribution in [0.15, 0.2) is 0 Å². The van der Waals surface area contributed by atoms with Gasteiger partial charge in [-0.1, -0.05) is 0 Å². The molecule has 2 radical (unpaired) electrons. The van der Waals surface area contributed by atoms with Gasteiger partial charge in [0.15, 0.2) is 0 Å². The Labute approximate surface area is 82.3 Å². The fraction of sp³-hybridized carbons (Fsp3) is 0.800. The zero-order valence-electron chi connectivity index (χ0n) is 8.55. The van der Waals surface area contributed by atoms with Crippen molar-refractivity contribution in [1.82, 2.24) is 0 Å². The van der Waals surface area contributed by atoms with Crippen LogP contribution in [-0.4, -0.2) is 14.0 Å². The van der Waals surface area contributed by atoms with E-state index in [9.17, 15) is 4.70 Å². The molecular weight excluding hydrogens is 163 g/mol. The fourth-order valence-electron chi connectivity index (χ4n) is 1.60. The zero-order chi connectivity index (χ0) is 10.2. The van der Waals surface area contributed by atoms with E-state index in [1.807, 2.05) is 0 Å². The summed E-state index contributed by atoms with van der Waals surface area (Å²) in [5.74, 6) is 0. The van der Waals surface area contributed by atoms with Crippen molar-refractivity contribution in [2.24, 2.45) is 5.41 Å². The van der Waals surface area contributed by atoms with Crippen molar-refractivity contribution in [2.75, 3.05) is 6.61 Å². The molecule has 0 aliphatic heterocycles. The average Bonchev–Trinajstić information content (AvgIpc) is 2.17. The molecule has 0 heterocycles. The summed E-state index contributed by atoms with van der Waals surface area (Å²) < 4.78 is 14.7. The molecule has 0 rings (SSSR count). The van der Waals surface area contributed by atoms with Gasteiger partial charge in [0.2, 0.25) is 0 Å². The van der Waals surface area contributed by atoms with E-state index in [4.69, 9.17) is 4.65 Å². The molecule has 0 fully saturated rings. The van der Waals surface area contributed by atoms with E-state index in [2.05, 4.69) is 20.8 Å².